The highest BCUT2D eigenvalue weighted by atomic mass is 19.1. The highest BCUT2D eigenvalue weighted by Gasteiger charge is 2.28. The van der Waals surface area contributed by atoms with E-state index in [1.165, 1.54) is 15.6 Å². The molecule has 0 radical (unpaired) electrons. The van der Waals surface area contributed by atoms with Crippen molar-refractivity contribution in [2.75, 3.05) is 13.1 Å². The number of benzene rings is 1. The first-order chi connectivity index (χ1) is 11.9. The highest BCUT2D eigenvalue weighted by molar-refractivity contribution is 5.97. The van der Waals surface area contributed by atoms with Crippen molar-refractivity contribution < 1.29 is 14.0 Å². The molecule has 2 amide bonds. The zero-order chi connectivity index (χ0) is 18.1. The minimum absolute atomic E-state index is 0.189. The van der Waals surface area contributed by atoms with Gasteiger partial charge in [0, 0.05) is 24.3 Å². The maximum absolute atomic E-state index is 14.6. The highest BCUT2D eigenvalue weighted by Crippen LogP contribution is 2.19. The first kappa shape index (κ1) is 17.1. The zero-order valence-corrected chi connectivity index (χ0v) is 14.5. The number of rotatable bonds is 2. The van der Waals surface area contributed by atoms with Crippen molar-refractivity contribution >= 4 is 11.8 Å². The third kappa shape index (κ3) is 3.26. The fourth-order valence-corrected chi connectivity index (χ4v) is 3.07. The molecule has 0 saturated carbocycles. The summed E-state index contributed by atoms with van der Waals surface area (Å²) in [4.78, 5) is 26.1. The second kappa shape index (κ2) is 6.66. The van der Waals surface area contributed by atoms with E-state index in [1.807, 2.05) is 19.9 Å². The van der Waals surface area contributed by atoms with Crippen LogP contribution in [0.5, 0.6) is 0 Å². The Morgan fingerprint density at radius 2 is 2.08 bits per heavy atom. The maximum atomic E-state index is 14.6. The summed E-state index contributed by atoms with van der Waals surface area (Å²) in [6.45, 7) is 6.36. The van der Waals surface area contributed by atoms with Gasteiger partial charge in [-0.15, -0.1) is 0 Å². The summed E-state index contributed by atoms with van der Waals surface area (Å²) in [6.07, 6.45) is 0.675. The molecule has 6 nitrogen and oxygen atoms in total. The van der Waals surface area contributed by atoms with E-state index >= 15 is 0 Å². The van der Waals surface area contributed by atoms with Crippen LogP contribution in [0.1, 0.15) is 35.1 Å². The smallest absolute Gasteiger partial charge is 0.254 e. The Labute approximate surface area is 145 Å². The number of halogens is 1. The van der Waals surface area contributed by atoms with Gasteiger partial charge < -0.3 is 10.2 Å². The van der Waals surface area contributed by atoms with Gasteiger partial charge in [0.15, 0.2) is 0 Å². The molecule has 1 aromatic heterocycles. The van der Waals surface area contributed by atoms with Crippen LogP contribution in [0.25, 0.3) is 5.69 Å². The summed E-state index contributed by atoms with van der Waals surface area (Å²) in [5.41, 5.74) is 2.13. The first-order valence-electron chi connectivity index (χ1n) is 8.30. The summed E-state index contributed by atoms with van der Waals surface area (Å²) in [5.74, 6) is -1.06. The Hall–Kier alpha value is -2.70. The predicted molar refractivity (Wildman–Crippen MR) is 91.1 cm³/mol. The summed E-state index contributed by atoms with van der Waals surface area (Å²) >= 11 is 0. The number of amides is 2. The summed E-state index contributed by atoms with van der Waals surface area (Å²) in [5, 5.41) is 7.03. The van der Waals surface area contributed by atoms with Crippen molar-refractivity contribution in [3.8, 4) is 5.69 Å². The largest absolute Gasteiger partial charge is 0.354 e. The molecule has 1 aliphatic heterocycles. The van der Waals surface area contributed by atoms with E-state index in [0.717, 1.165) is 11.4 Å². The third-order valence-electron chi connectivity index (χ3n) is 4.42. The molecular formula is C18H21FN4O2. The van der Waals surface area contributed by atoms with Crippen LogP contribution in [-0.2, 0) is 4.79 Å². The molecular weight excluding hydrogens is 323 g/mol. The molecule has 0 unspecified atom stereocenters. The van der Waals surface area contributed by atoms with Crippen LogP contribution >= 0.6 is 0 Å². The quantitative estimate of drug-likeness (QED) is 0.906. The van der Waals surface area contributed by atoms with Crippen molar-refractivity contribution in [3.05, 3.63) is 47.0 Å². The monoisotopic (exact) mass is 344 g/mol. The van der Waals surface area contributed by atoms with Crippen LogP contribution in [0, 0.1) is 19.7 Å². The molecule has 0 bridgehead atoms. The minimum Gasteiger partial charge on any atom is -0.354 e. The predicted octanol–water partition coefficient (Wildman–Crippen LogP) is 1.98. The Balaban J connectivity index is 1.91. The molecule has 1 N–H and O–H groups in total. The van der Waals surface area contributed by atoms with E-state index in [1.54, 1.807) is 19.1 Å². The molecule has 0 spiro atoms. The van der Waals surface area contributed by atoms with Gasteiger partial charge in [0.1, 0.15) is 17.5 Å². The van der Waals surface area contributed by atoms with Gasteiger partial charge in [-0.25, -0.2) is 9.07 Å². The van der Waals surface area contributed by atoms with Crippen LogP contribution in [0.3, 0.4) is 0 Å². The van der Waals surface area contributed by atoms with Crippen LogP contribution in [0.15, 0.2) is 24.3 Å². The summed E-state index contributed by atoms with van der Waals surface area (Å²) in [6, 6.07) is 5.62. The van der Waals surface area contributed by atoms with Crippen molar-refractivity contribution in [1.82, 2.24) is 20.0 Å². The van der Waals surface area contributed by atoms with Gasteiger partial charge in [0.25, 0.3) is 5.91 Å². The molecule has 1 saturated heterocycles. The van der Waals surface area contributed by atoms with E-state index in [2.05, 4.69) is 10.4 Å². The first-order valence-corrected chi connectivity index (χ1v) is 8.30. The average molecular weight is 344 g/mol. The van der Waals surface area contributed by atoms with Crippen LogP contribution in [-0.4, -0.2) is 45.6 Å². The Kier molecular flexibility index (Phi) is 4.57. The molecule has 3 rings (SSSR count). The molecule has 132 valence electrons. The maximum Gasteiger partial charge on any atom is 0.254 e. The van der Waals surface area contributed by atoms with Gasteiger partial charge in [0.2, 0.25) is 5.91 Å². The van der Waals surface area contributed by atoms with Crippen LogP contribution in [0.4, 0.5) is 4.39 Å². The van der Waals surface area contributed by atoms with Crippen molar-refractivity contribution in [2.24, 2.45) is 0 Å². The lowest BCUT2D eigenvalue weighted by Gasteiger charge is -2.25. The second-order valence-electron chi connectivity index (χ2n) is 6.32. The fourth-order valence-electron chi connectivity index (χ4n) is 3.07. The molecule has 2 aromatic rings. The zero-order valence-electron chi connectivity index (χ0n) is 14.5. The molecule has 1 aromatic carbocycles. The number of nitrogens with zero attached hydrogens (tertiary/aromatic N) is 3. The van der Waals surface area contributed by atoms with E-state index in [-0.39, 0.29) is 17.4 Å². The summed E-state index contributed by atoms with van der Waals surface area (Å²) < 4.78 is 16.1. The van der Waals surface area contributed by atoms with Gasteiger partial charge in [-0.05, 0) is 51.5 Å². The summed E-state index contributed by atoms with van der Waals surface area (Å²) in [7, 11) is 0. The lowest BCUT2D eigenvalue weighted by atomic mass is 10.1. The molecule has 1 aliphatic rings. The number of carbonyl (C=O) groups is 2. The average Bonchev–Trinajstić information content (AvgIpc) is 2.81. The molecule has 0 aliphatic carbocycles. The van der Waals surface area contributed by atoms with Crippen molar-refractivity contribution in [3.63, 3.8) is 0 Å². The number of aryl methyl sites for hydroxylation is 2. The standard InChI is InChI=1S/C18H21FN4O2/c1-11-9-12(2)23(21-11)16-6-5-14(10-15(16)19)18(25)22-8-4-7-20-17(24)13(22)3/h5-6,9-10,13H,4,7-8H2,1-3H3,(H,20,24)/t13-/m0/s1. The SMILES string of the molecule is Cc1cc(C)n(-c2ccc(C(=O)N3CCCNC(=O)[C@@H]3C)cc2F)n1. The van der Waals surface area contributed by atoms with Gasteiger partial charge in [-0.3, -0.25) is 9.59 Å². The minimum atomic E-state index is -0.575. The second-order valence-corrected chi connectivity index (χ2v) is 6.32. The molecule has 25 heavy (non-hydrogen) atoms. The Morgan fingerprint density at radius 1 is 1.32 bits per heavy atom. The lowest BCUT2D eigenvalue weighted by molar-refractivity contribution is -0.124. The van der Waals surface area contributed by atoms with E-state index < -0.39 is 11.9 Å². The molecule has 2 heterocycles. The van der Waals surface area contributed by atoms with E-state index in [0.29, 0.717) is 25.2 Å². The fraction of sp³-hybridized carbons (Fsp3) is 0.389. The Bertz CT molecular complexity index is 830. The third-order valence-corrected chi connectivity index (χ3v) is 4.42. The van der Waals surface area contributed by atoms with Crippen LogP contribution in [0.2, 0.25) is 0 Å². The van der Waals surface area contributed by atoms with Gasteiger partial charge in [0.05, 0.1) is 5.69 Å². The van der Waals surface area contributed by atoms with E-state index in [9.17, 15) is 14.0 Å². The van der Waals surface area contributed by atoms with Gasteiger partial charge in [-0.2, -0.15) is 5.10 Å². The van der Waals surface area contributed by atoms with E-state index in [4.69, 9.17) is 0 Å². The lowest BCUT2D eigenvalue weighted by Crippen LogP contribution is -2.45. The Morgan fingerprint density at radius 3 is 2.72 bits per heavy atom. The van der Waals surface area contributed by atoms with Crippen molar-refractivity contribution in [1.29, 1.82) is 0 Å². The topological polar surface area (TPSA) is 67.2 Å². The molecule has 1 atom stereocenters. The molecule has 1 fully saturated rings. The molecule has 7 heteroatoms. The number of aromatic nitrogens is 2. The van der Waals surface area contributed by atoms with Gasteiger partial charge >= 0.3 is 0 Å². The normalized spacial score (nSPS) is 18.0. The van der Waals surface area contributed by atoms with Crippen molar-refractivity contribution in [2.45, 2.75) is 33.2 Å². The number of hydrogen-bond acceptors (Lipinski definition) is 3. The number of hydrogen-bond donors (Lipinski definition) is 1. The number of nitrogens with one attached hydrogen (secondary N) is 1. The van der Waals surface area contributed by atoms with Crippen LogP contribution < -0.4 is 5.32 Å². The van der Waals surface area contributed by atoms with Gasteiger partial charge in [-0.1, -0.05) is 0 Å². The number of carbonyl (C=O) groups excluding carboxylic acids is 2.